The van der Waals surface area contributed by atoms with Crippen molar-refractivity contribution in [1.29, 1.82) is 5.26 Å². The molecule has 0 bridgehead atoms. The molecule has 0 saturated carbocycles. The lowest BCUT2D eigenvalue weighted by Gasteiger charge is -2.42. The van der Waals surface area contributed by atoms with Crippen molar-refractivity contribution in [3.05, 3.63) is 0 Å². The molecule has 2 rings (SSSR count). The second-order valence-electron chi connectivity index (χ2n) is 4.87. The number of nitrogens with one attached hydrogen (secondary N) is 1. The number of hydrogen-bond donors (Lipinski definition) is 1. The van der Waals surface area contributed by atoms with E-state index in [1.165, 1.54) is 0 Å². The van der Waals surface area contributed by atoms with E-state index in [0.29, 0.717) is 0 Å². The van der Waals surface area contributed by atoms with Gasteiger partial charge in [0, 0.05) is 39.1 Å². The van der Waals surface area contributed by atoms with Gasteiger partial charge in [0.2, 0.25) is 0 Å². The first-order valence-corrected chi connectivity index (χ1v) is 6.25. The lowest BCUT2D eigenvalue weighted by atomic mass is 9.86. The zero-order valence-corrected chi connectivity index (χ0v) is 10.0. The number of nitrogens with zero attached hydrogens (tertiary/aromatic N) is 2. The molecule has 2 aliphatic heterocycles. The summed E-state index contributed by atoms with van der Waals surface area (Å²) < 4.78 is 5.56. The van der Waals surface area contributed by atoms with Crippen molar-refractivity contribution in [2.24, 2.45) is 0 Å². The molecule has 2 saturated heterocycles. The smallest absolute Gasteiger partial charge is 0.113 e. The summed E-state index contributed by atoms with van der Waals surface area (Å²) >= 11 is 0. The maximum absolute atomic E-state index is 9.54. The van der Waals surface area contributed by atoms with Crippen LogP contribution >= 0.6 is 0 Å². The van der Waals surface area contributed by atoms with E-state index in [2.05, 4.69) is 23.2 Å². The molecule has 2 unspecified atom stereocenters. The highest BCUT2D eigenvalue weighted by atomic mass is 16.5. The van der Waals surface area contributed by atoms with Crippen LogP contribution in [0, 0.1) is 11.3 Å². The fourth-order valence-corrected chi connectivity index (χ4v) is 2.80. The van der Waals surface area contributed by atoms with Gasteiger partial charge in [-0.2, -0.15) is 5.26 Å². The Morgan fingerprint density at radius 1 is 1.44 bits per heavy atom. The van der Waals surface area contributed by atoms with Gasteiger partial charge in [-0.05, 0) is 19.9 Å². The lowest BCUT2D eigenvalue weighted by molar-refractivity contribution is -0.0423. The van der Waals surface area contributed by atoms with E-state index in [1.807, 2.05) is 0 Å². The standard InChI is InChI=1S/C12H21N3O/c1-11-9-12(10-13,3-8-16-11)15-6-2-4-14-5-7-15/h11,14H,2-9H2,1H3. The van der Waals surface area contributed by atoms with Crippen LogP contribution < -0.4 is 5.32 Å². The van der Waals surface area contributed by atoms with Crippen molar-refractivity contribution in [3.63, 3.8) is 0 Å². The second kappa shape index (κ2) is 5.13. The lowest BCUT2D eigenvalue weighted by Crippen LogP contribution is -2.54. The first kappa shape index (κ1) is 11.8. The van der Waals surface area contributed by atoms with Gasteiger partial charge in [0.1, 0.15) is 5.54 Å². The Balaban J connectivity index is 2.09. The molecule has 2 heterocycles. The van der Waals surface area contributed by atoms with Crippen LogP contribution in [0.15, 0.2) is 0 Å². The molecule has 0 aromatic rings. The molecular formula is C12H21N3O. The Kier molecular flexibility index (Phi) is 3.80. The summed E-state index contributed by atoms with van der Waals surface area (Å²) in [6.45, 7) is 6.89. The summed E-state index contributed by atoms with van der Waals surface area (Å²) in [6.07, 6.45) is 3.06. The van der Waals surface area contributed by atoms with E-state index >= 15 is 0 Å². The van der Waals surface area contributed by atoms with Gasteiger partial charge in [-0.25, -0.2) is 0 Å². The van der Waals surface area contributed by atoms with Gasteiger partial charge in [0.05, 0.1) is 12.2 Å². The molecule has 0 amide bonds. The Morgan fingerprint density at radius 2 is 2.31 bits per heavy atom. The van der Waals surface area contributed by atoms with E-state index in [9.17, 15) is 5.26 Å². The van der Waals surface area contributed by atoms with E-state index in [1.54, 1.807) is 0 Å². The second-order valence-corrected chi connectivity index (χ2v) is 4.87. The van der Waals surface area contributed by atoms with Crippen LogP contribution in [0.4, 0.5) is 0 Å². The minimum atomic E-state index is -0.274. The third kappa shape index (κ3) is 2.37. The van der Waals surface area contributed by atoms with Crippen LogP contribution in [0.25, 0.3) is 0 Å². The number of rotatable bonds is 1. The average Bonchev–Trinajstić information content (AvgIpc) is 2.57. The molecule has 0 aliphatic carbocycles. The normalized spacial score (nSPS) is 37.6. The number of hydrogen-bond acceptors (Lipinski definition) is 4. The Morgan fingerprint density at radius 3 is 3.06 bits per heavy atom. The summed E-state index contributed by atoms with van der Waals surface area (Å²) in [6, 6.07) is 2.56. The molecule has 1 N–H and O–H groups in total. The van der Waals surface area contributed by atoms with Crippen LogP contribution in [0.2, 0.25) is 0 Å². The van der Waals surface area contributed by atoms with E-state index in [-0.39, 0.29) is 11.6 Å². The summed E-state index contributed by atoms with van der Waals surface area (Å²) in [5.74, 6) is 0. The minimum Gasteiger partial charge on any atom is -0.378 e. The predicted octanol–water partition coefficient (Wildman–Crippen LogP) is 0.743. The zero-order valence-electron chi connectivity index (χ0n) is 10.0. The Labute approximate surface area is 97.6 Å². The molecule has 4 nitrogen and oxygen atoms in total. The quantitative estimate of drug-likeness (QED) is 0.712. The SMILES string of the molecule is CC1CC(C#N)(N2CCCNCC2)CCO1. The van der Waals surface area contributed by atoms with Crippen LogP contribution in [0.1, 0.15) is 26.2 Å². The maximum Gasteiger partial charge on any atom is 0.113 e. The monoisotopic (exact) mass is 223 g/mol. The van der Waals surface area contributed by atoms with Gasteiger partial charge in [-0.3, -0.25) is 4.90 Å². The van der Waals surface area contributed by atoms with Crippen LogP contribution in [0.3, 0.4) is 0 Å². The molecular weight excluding hydrogens is 202 g/mol. The third-order valence-electron chi connectivity index (χ3n) is 3.70. The molecule has 4 heteroatoms. The van der Waals surface area contributed by atoms with Gasteiger partial charge in [0.25, 0.3) is 0 Å². The minimum absolute atomic E-state index is 0.213. The largest absolute Gasteiger partial charge is 0.378 e. The van der Waals surface area contributed by atoms with E-state index in [0.717, 1.165) is 52.0 Å². The molecule has 90 valence electrons. The van der Waals surface area contributed by atoms with Gasteiger partial charge >= 0.3 is 0 Å². The van der Waals surface area contributed by atoms with Crippen molar-refractivity contribution in [2.45, 2.75) is 37.8 Å². The van der Waals surface area contributed by atoms with E-state index in [4.69, 9.17) is 4.74 Å². The fourth-order valence-electron chi connectivity index (χ4n) is 2.80. The van der Waals surface area contributed by atoms with Crippen molar-refractivity contribution in [2.75, 3.05) is 32.8 Å². The fraction of sp³-hybridized carbons (Fsp3) is 0.917. The molecule has 16 heavy (non-hydrogen) atoms. The first-order chi connectivity index (χ1) is 7.77. The van der Waals surface area contributed by atoms with Crippen molar-refractivity contribution in [1.82, 2.24) is 10.2 Å². The zero-order chi connectivity index (χ0) is 11.4. The number of nitriles is 1. The Bertz CT molecular complexity index is 268. The summed E-state index contributed by atoms with van der Waals surface area (Å²) in [5, 5.41) is 12.9. The summed E-state index contributed by atoms with van der Waals surface area (Å²) in [7, 11) is 0. The van der Waals surface area contributed by atoms with Gasteiger partial charge in [-0.1, -0.05) is 0 Å². The summed E-state index contributed by atoms with van der Waals surface area (Å²) in [4.78, 5) is 2.37. The van der Waals surface area contributed by atoms with Crippen molar-refractivity contribution in [3.8, 4) is 6.07 Å². The summed E-state index contributed by atoms with van der Waals surface area (Å²) in [5.41, 5.74) is -0.274. The average molecular weight is 223 g/mol. The van der Waals surface area contributed by atoms with Crippen LogP contribution in [0.5, 0.6) is 0 Å². The molecule has 0 spiro atoms. The van der Waals surface area contributed by atoms with E-state index < -0.39 is 0 Å². The van der Waals surface area contributed by atoms with Crippen molar-refractivity contribution >= 4 is 0 Å². The maximum atomic E-state index is 9.54. The third-order valence-corrected chi connectivity index (χ3v) is 3.70. The highest BCUT2D eigenvalue weighted by Crippen LogP contribution is 2.30. The van der Waals surface area contributed by atoms with Crippen molar-refractivity contribution < 1.29 is 4.74 Å². The highest BCUT2D eigenvalue weighted by Gasteiger charge is 2.41. The molecule has 0 aromatic carbocycles. The predicted molar refractivity (Wildman–Crippen MR) is 62.1 cm³/mol. The highest BCUT2D eigenvalue weighted by molar-refractivity contribution is 5.11. The molecule has 2 aliphatic rings. The topological polar surface area (TPSA) is 48.3 Å². The molecule has 0 radical (unpaired) electrons. The van der Waals surface area contributed by atoms with Gasteiger partial charge < -0.3 is 10.1 Å². The molecule has 0 aromatic heterocycles. The molecule has 2 fully saturated rings. The van der Waals surface area contributed by atoms with Crippen LogP contribution in [-0.4, -0.2) is 49.3 Å². The Hall–Kier alpha value is -0.630. The van der Waals surface area contributed by atoms with Gasteiger partial charge in [-0.15, -0.1) is 0 Å². The molecule has 2 atom stereocenters. The van der Waals surface area contributed by atoms with Gasteiger partial charge in [0.15, 0.2) is 0 Å². The van der Waals surface area contributed by atoms with Crippen LogP contribution in [-0.2, 0) is 4.74 Å². The number of ether oxygens (including phenoxy) is 1. The first-order valence-electron chi connectivity index (χ1n) is 6.25.